The summed E-state index contributed by atoms with van der Waals surface area (Å²) in [6, 6.07) is 44.3. The summed E-state index contributed by atoms with van der Waals surface area (Å²) in [5, 5.41) is 5.63. The van der Waals surface area contributed by atoms with Crippen molar-refractivity contribution in [2.45, 2.75) is 0 Å². The van der Waals surface area contributed by atoms with Crippen LogP contribution in [0.1, 0.15) is 0 Å². The Balaban J connectivity index is 1.31. The number of para-hydroxylation sites is 1. The Labute approximate surface area is 248 Å². The van der Waals surface area contributed by atoms with Crippen molar-refractivity contribution in [1.82, 2.24) is 4.90 Å². The van der Waals surface area contributed by atoms with Crippen LogP contribution in [0.2, 0.25) is 0 Å². The lowest BCUT2D eigenvalue weighted by molar-refractivity contribution is 0.481. The van der Waals surface area contributed by atoms with Crippen LogP contribution in [0, 0.1) is 0 Å². The predicted molar refractivity (Wildman–Crippen MR) is 176 cm³/mol. The molecule has 0 atom stereocenters. The van der Waals surface area contributed by atoms with Gasteiger partial charge in [0.25, 0.3) is 0 Å². The van der Waals surface area contributed by atoms with Crippen molar-refractivity contribution in [2.24, 2.45) is 0 Å². The predicted octanol–water partition coefficient (Wildman–Crippen LogP) is 4.90. The summed E-state index contributed by atoms with van der Waals surface area (Å²) in [5.74, 6) is 1.68. The Morgan fingerprint density at radius 3 is 2.02 bits per heavy atom. The molecular formula is C36H32N4OSi. The SMILES string of the molecule is CN1C=CN(c2cccc(Oc3ccc4c(c3)N3CN(C)c5cccc(c53)[Si]4(c3ccccc3)c3ccccc3)c2)C1. The van der Waals surface area contributed by atoms with E-state index in [4.69, 9.17) is 4.74 Å². The van der Waals surface area contributed by atoms with Gasteiger partial charge in [0.1, 0.15) is 11.5 Å². The summed E-state index contributed by atoms with van der Waals surface area (Å²) in [4.78, 5) is 9.23. The molecule has 0 bridgehead atoms. The molecule has 0 radical (unpaired) electrons. The summed E-state index contributed by atoms with van der Waals surface area (Å²) < 4.78 is 6.59. The van der Waals surface area contributed by atoms with Crippen LogP contribution >= 0.6 is 0 Å². The van der Waals surface area contributed by atoms with Gasteiger partial charge in [-0.3, -0.25) is 0 Å². The van der Waals surface area contributed by atoms with Gasteiger partial charge < -0.3 is 24.3 Å². The van der Waals surface area contributed by atoms with Crippen LogP contribution in [0.3, 0.4) is 0 Å². The van der Waals surface area contributed by atoms with E-state index in [2.05, 4.69) is 161 Å². The summed E-state index contributed by atoms with van der Waals surface area (Å²) in [6.07, 6.45) is 4.19. The lowest BCUT2D eigenvalue weighted by Gasteiger charge is -2.43. The third-order valence-corrected chi connectivity index (χ3v) is 13.6. The smallest absolute Gasteiger partial charge is 0.184 e. The van der Waals surface area contributed by atoms with Crippen LogP contribution in [-0.2, 0) is 0 Å². The molecule has 42 heavy (non-hydrogen) atoms. The quantitative estimate of drug-likeness (QED) is 0.283. The van der Waals surface area contributed by atoms with E-state index in [-0.39, 0.29) is 0 Å². The molecular weight excluding hydrogens is 533 g/mol. The first-order chi connectivity index (χ1) is 20.6. The summed E-state index contributed by atoms with van der Waals surface area (Å²) in [7, 11) is 1.64. The third kappa shape index (κ3) is 3.68. The van der Waals surface area contributed by atoms with E-state index >= 15 is 0 Å². The molecule has 0 N–H and O–H groups in total. The number of benzene rings is 5. The molecule has 0 aromatic heterocycles. The van der Waals surface area contributed by atoms with Crippen LogP contribution in [0.15, 0.2) is 134 Å². The van der Waals surface area contributed by atoms with E-state index in [0.717, 1.165) is 30.5 Å². The van der Waals surface area contributed by atoms with E-state index < -0.39 is 8.07 Å². The second kappa shape index (κ2) is 9.57. The molecule has 0 aliphatic carbocycles. The van der Waals surface area contributed by atoms with Gasteiger partial charge in [0.05, 0.1) is 24.7 Å². The number of nitrogens with zero attached hydrogens (tertiary/aromatic N) is 4. The highest BCUT2D eigenvalue weighted by Crippen LogP contribution is 2.43. The molecule has 3 aliphatic heterocycles. The number of rotatable bonds is 5. The maximum Gasteiger partial charge on any atom is 0.184 e. The van der Waals surface area contributed by atoms with Gasteiger partial charge in [-0.05, 0) is 45.0 Å². The van der Waals surface area contributed by atoms with E-state index in [1.807, 2.05) is 6.07 Å². The molecule has 3 heterocycles. The molecule has 6 heteroatoms. The zero-order valence-corrected chi connectivity index (χ0v) is 24.8. The maximum absolute atomic E-state index is 6.59. The van der Waals surface area contributed by atoms with Gasteiger partial charge in [0.2, 0.25) is 0 Å². The highest BCUT2D eigenvalue weighted by atomic mass is 28.3. The number of fused-ring (bicyclic) bond motifs is 2. The van der Waals surface area contributed by atoms with Crippen LogP contribution in [0.25, 0.3) is 0 Å². The van der Waals surface area contributed by atoms with E-state index in [9.17, 15) is 0 Å². The Kier molecular flexibility index (Phi) is 5.65. The summed E-state index contributed by atoms with van der Waals surface area (Å²) >= 11 is 0. The minimum absolute atomic E-state index is 0.807. The van der Waals surface area contributed by atoms with Crippen LogP contribution in [-0.4, -0.2) is 40.4 Å². The summed E-state index contributed by atoms with van der Waals surface area (Å²) in [6.45, 7) is 1.64. The first-order valence-corrected chi connectivity index (χ1v) is 16.4. The first-order valence-electron chi connectivity index (χ1n) is 14.4. The van der Waals surface area contributed by atoms with Gasteiger partial charge in [0, 0.05) is 50.0 Å². The number of anilines is 4. The fraction of sp³-hybridized carbons (Fsp3) is 0.111. The zero-order chi connectivity index (χ0) is 28.3. The van der Waals surface area contributed by atoms with Crippen molar-refractivity contribution in [3.05, 3.63) is 134 Å². The van der Waals surface area contributed by atoms with Crippen molar-refractivity contribution in [2.75, 3.05) is 42.1 Å². The summed E-state index contributed by atoms with van der Waals surface area (Å²) in [5.41, 5.74) is 4.96. The molecule has 5 nitrogen and oxygen atoms in total. The molecule has 3 aliphatic rings. The molecule has 0 fully saturated rings. The minimum atomic E-state index is -2.63. The fourth-order valence-electron chi connectivity index (χ4n) is 6.97. The number of ether oxygens (including phenoxy) is 1. The molecule has 0 spiro atoms. The minimum Gasteiger partial charge on any atom is -0.457 e. The van der Waals surface area contributed by atoms with Crippen molar-refractivity contribution >= 4 is 51.6 Å². The monoisotopic (exact) mass is 564 g/mol. The van der Waals surface area contributed by atoms with Crippen molar-refractivity contribution in [3.8, 4) is 11.5 Å². The number of hydrogen-bond acceptors (Lipinski definition) is 5. The van der Waals surface area contributed by atoms with Crippen molar-refractivity contribution in [1.29, 1.82) is 0 Å². The second-order valence-corrected chi connectivity index (χ2v) is 15.1. The van der Waals surface area contributed by atoms with E-state index in [1.54, 1.807) is 0 Å². The van der Waals surface area contributed by atoms with Crippen LogP contribution in [0.4, 0.5) is 22.7 Å². The van der Waals surface area contributed by atoms with Gasteiger partial charge >= 0.3 is 0 Å². The normalized spacial score (nSPS) is 16.0. The third-order valence-electron chi connectivity index (χ3n) is 8.79. The number of hydrogen-bond donors (Lipinski definition) is 0. The van der Waals surface area contributed by atoms with Gasteiger partial charge in [-0.2, -0.15) is 0 Å². The Morgan fingerprint density at radius 1 is 0.595 bits per heavy atom. The topological polar surface area (TPSA) is 22.2 Å². The standard InChI is InChI=1S/C36H32N4OSi/c1-37-21-22-39(25-37)27-11-9-12-28(23-27)41-29-19-20-34-33(24-29)40-26-38(2)32-17-10-18-35(36(32)40)42(34,30-13-5-3-6-14-30)31-15-7-4-8-16-31/h3-24H,25-26H2,1-2H3. The lowest BCUT2D eigenvalue weighted by atomic mass is 10.2. The van der Waals surface area contributed by atoms with Gasteiger partial charge in [-0.25, -0.2) is 0 Å². The average molecular weight is 565 g/mol. The molecule has 5 aromatic rings. The Morgan fingerprint density at radius 2 is 1.31 bits per heavy atom. The molecule has 8 rings (SSSR count). The lowest BCUT2D eigenvalue weighted by Crippen LogP contribution is -2.77. The maximum atomic E-state index is 6.59. The first kappa shape index (κ1) is 24.8. The molecule has 0 amide bonds. The highest BCUT2D eigenvalue weighted by molar-refractivity contribution is 7.21. The Hall–Kier alpha value is -4.94. The molecule has 0 saturated heterocycles. The van der Waals surface area contributed by atoms with Crippen LogP contribution < -0.4 is 40.2 Å². The molecule has 0 unspecified atom stereocenters. The van der Waals surface area contributed by atoms with Gasteiger partial charge in [-0.15, -0.1) is 0 Å². The molecule has 5 aromatic carbocycles. The molecule has 206 valence electrons. The zero-order valence-electron chi connectivity index (χ0n) is 23.8. The van der Waals surface area contributed by atoms with Crippen molar-refractivity contribution < 1.29 is 4.74 Å². The van der Waals surface area contributed by atoms with Gasteiger partial charge in [0.15, 0.2) is 8.07 Å². The van der Waals surface area contributed by atoms with E-state index in [1.165, 1.54) is 37.8 Å². The highest BCUT2D eigenvalue weighted by Gasteiger charge is 2.50. The van der Waals surface area contributed by atoms with E-state index in [0.29, 0.717) is 0 Å². The molecule has 0 saturated carbocycles. The average Bonchev–Trinajstić information content (AvgIpc) is 3.63. The van der Waals surface area contributed by atoms with Gasteiger partial charge in [-0.1, -0.05) is 84.9 Å². The van der Waals surface area contributed by atoms with Crippen molar-refractivity contribution in [3.63, 3.8) is 0 Å². The Bertz CT molecular complexity index is 1780. The van der Waals surface area contributed by atoms with Crippen LogP contribution in [0.5, 0.6) is 11.5 Å². The largest absolute Gasteiger partial charge is 0.457 e. The second-order valence-electron chi connectivity index (χ2n) is 11.4. The fourth-order valence-corrected chi connectivity index (χ4v) is 12.1.